The molecule has 1 heterocycles. The van der Waals surface area contributed by atoms with Gasteiger partial charge in [0.15, 0.2) is 0 Å². The molecule has 16 heavy (non-hydrogen) atoms. The normalized spacial score (nSPS) is 23.2. The lowest BCUT2D eigenvalue weighted by molar-refractivity contribution is -0.134. The van der Waals surface area contributed by atoms with Crippen LogP contribution in [0.15, 0.2) is 0 Å². The largest absolute Gasteiger partial charge is 0.391 e. The first-order valence-electron chi connectivity index (χ1n) is 6.29. The first-order valence-corrected chi connectivity index (χ1v) is 6.29. The highest BCUT2D eigenvalue weighted by molar-refractivity contribution is 5.76. The Morgan fingerprint density at radius 1 is 1.56 bits per heavy atom. The number of aliphatic hydroxyl groups excluding tert-OH is 1. The van der Waals surface area contributed by atoms with Gasteiger partial charge in [-0.25, -0.2) is 0 Å². The lowest BCUT2D eigenvalue weighted by Gasteiger charge is -2.30. The van der Waals surface area contributed by atoms with Crippen LogP contribution in [0.2, 0.25) is 0 Å². The van der Waals surface area contributed by atoms with Crippen LogP contribution < -0.4 is 5.73 Å². The fourth-order valence-corrected chi connectivity index (χ4v) is 2.14. The maximum absolute atomic E-state index is 11.8. The third-order valence-electron chi connectivity index (χ3n) is 3.26. The number of rotatable bonds is 5. The van der Waals surface area contributed by atoms with Crippen molar-refractivity contribution in [3.05, 3.63) is 0 Å². The van der Waals surface area contributed by atoms with E-state index in [2.05, 4.69) is 6.92 Å². The molecule has 4 heteroatoms. The molecule has 0 aromatic carbocycles. The van der Waals surface area contributed by atoms with Crippen LogP contribution in [0.5, 0.6) is 0 Å². The first kappa shape index (κ1) is 13.5. The van der Waals surface area contributed by atoms with Gasteiger partial charge in [-0.3, -0.25) is 4.79 Å². The van der Waals surface area contributed by atoms with Crippen molar-refractivity contribution in [1.82, 2.24) is 4.90 Å². The van der Waals surface area contributed by atoms with Gasteiger partial charge in [0.1, 0.15) is 0 Å². The average molecular weight is 228 g/mol. The maximum atomic E-state index is 11.8. The van der Waals surface area contributed by atoms with Gasteiger partial charge < -0.3 is 15.7 Å². The second-order valence-corrected chi connectivity index (χ2v) is 4.86. The Kier molecular flexibility index (Phi) is 5.77. The second kappa shape index (κ2) is 6.86. The summed E-state index contributed by atoms with van der Waals surface area (Å²) in [6.45, 7) is 4.15. The molecule has 0 bridgehead atoms. The Balaban J connectivity index is 2.23. The molecule has 1 amide bonds. The number of aliphatic hydroxyl groups is 1. The quantitative estimate of drug-likeness (QED) is 0.729. The molecule has 2 unspecified atom stereocenters. The monoisotopic (exact) mass is 228 g/mol. The molecule has 0 radical (unpaired) electrons. The van der Waals surface area contributed by atoms with Gasteiger partial charge in [0, 0.05) is 19.5 Å². The minimum atomic E-state index is -0.320. The highest BCUT2D eigenvalue weighted by atomic mass is 16.3. The summed E-state index contributed by atoms with van der Waals surface area (Å²) in [5.41, 5.74) is 5.47. The van der Waals surface area contributed by atoms with Crippen LogP contribution in [0, 0.1) is 5.92 Å². The summed E-state index contributed by atoms with van der Waals surface area (Å²) in [4.78, 5) is 13.6. The van der Waals surface area contributed by atoms with E-state index in [0.29, 0.717) is 25.4 Å². The summed E-state index contributed by atoms with van der Waals surface area (Å²) >= 11 is 0. The zero-order valence-corrected chi connectivity index (χ0v) is 10.2. The summed E-state index contributed by atoms with van der Waals surface area (Å²) in [6, 6.07) is 0. The highest BCUT2D eigenvalue weighted by Crippen LogP contribution is 2.14. The fourth-order valence-electron chi connectivity index (χ4n) is 2.14. The van der Waals surface area contributed by atoms with E-state index in [4.69, 9.17) is 5.73 Å². The Labute approximate surface area is 97.8 Å². The number of carbonyl (C=O) groups is 1. The van der Waals surface area contributed by atoms with E-state index in [1.54, 1.807) is 4.90 Å². The Hall–Kier alpha value is -0.610. The zero-order chi connectivity index (χ0) is 12.0. The van der Waals surface area contributed by atoms with Crippen LogP contribution in [-0.2, 0) is 4.79 Å². The molecule has 0 aromatic heterocycles. The smallest absolute Gasteiger partial charge is 0.222 e. The Bertz CT molecular complexity index is 221. The highest BCUT2D eigenvalue weighted by Gasteiger charge is 2.21. The summed E-state index contributed by atoms with van der Waals surface area (Å²) in [5, 5.41) is 9.48. The van der Waals surface area contributed by atoms with Crippen molar-refractivity contribution in [2.24, 2.45) is 11.7 Å². The number of nitrogens with two attached hydrogens (primary N) is 1. The van der Waals surface area contributed by atoms with Crippen molar-refractivity contribution in [3.8, 4) is 0 Å². The summed E-state index contributed by atoms with van der Waals surface area (Å²) in [6.07, 6.45) is 3.91. The number of β-amino-alcohol motifs (C(OH)–C–C–N with tert-alkyl or cyclic N) is 1. The van der Waals surface area contributed by atoms with E-state index in [1.165, 1.54) is 0 Å². The predicted octanol–water partition coefficient (Wildman–Crippen LogP) is 0.735. The van der Waals surface area contributed by atoms with Gasteiger partial charge >= 0.3 is 0 Å². The molecule has 4 nitrogen and oxygen atoms in total. The van der Waals surface area contributed by atoms with Crippen molar-refractivity contribution in [2.75, 3.05) is 19.6 Å². The summed E-state index contributed by atoms with van der Waals surface area (Å²) < 4.78 is 0. The molecule has 1 aliphatic rings. The Morgan fingerprint density at radius 3 is 2.94 bits per heavy atom. The van der Waals surface area contributed by atoms with Crippen LogP contribution in [0.3, 0.4) is 0 Å². The van der Waals surface area contributed by atoms with Crippen LogP contribution in [0.4, 0.5) is 0 Å². The lowest BCUT2D eigenvalue weighted by Crippen LogP contribution is -2.42. The third-order valence-corrected chi connectivity index (χ3v) is 3.26. The van der Waals surface area contributed by atoms with E-state index in [1.807, 2.05) is 0 Å². The van der Waals surface area contributed by atoms with Gasteiger partial charge in [0.05, 0.1) is 6.10 Å². The number of likely N-dealkylation sites (tertiary alicyclic amines) is 1. The van der Waals surface area contributed by atoms with Crippen LogP contribution in [-0.4, -0.2) is 41.7 Å². The van der Waals surface area contributed by atoms with Crippen molar-refractivity contribution in [2.45, 2.75) is 45.1 Å². The first-order chi connectivity index (χ1) is 7.63. The molecular weight excluding hydrogens is 204 g/mol. The molecule has 1 saturated heterocycles. The second-order valence-electron chi connectivity index (χ2n) is 4.86. The number of nitrogens with zero attached hydrogens (tertiary/aromatic N) is 1. The van der Waals surface area contributed by atoms with Crippen molar-refractivity contribution >= 4 is 5.91 Å². The standard InChI is InChI=1S/C12H24N2O2/c1-10(6-7-13)4-5-12(16)14-8-2-3-11(15)9-14/h10-11,15H,2-9,13H2,1H3. The number of piperidine rings is 1. The fraction of sp³-hybridized carbons (Fsp3) is 0.917. The van der Waals surface area contributed by atoms with E-state index < -0.39 is 0 Å². The maximum Gasteiger partial charge on any atom is 0.222 e. The summed E-state index contributed by atoms with van der Waals surface area (Å²) in [7, 11) is 0. The van der Waals surface area contributed by atoms with E-state index in [-0.39, 0.29) is 12.0 Å². The zero-order valence-electron chi connectivity index (χ0n) is 10.2. The molecule has 0 aromatic rings. The molecule has 1 rings (SSSR count). The summed E-state index contributed by atoms with van der Waals surface area (Å²) in [5.74, 6) is 0.700. The van der Waals surface area contributed by atoms with Gasteiger partial charge in [0.2, 0.25) is 5.91 Å². The number of hydrogen-bond donors (Lipinski definition) is 2. The number of hydrogen-bond acceptors (Lipinski definition) is 3. The molecule has 0 spiro atoms. The van der Waals surface area contributed by atoms with Gasteiger partial charge in [0.25, 0.3) is 0 Å². The van der Waals surface area contributed by atoms with Gasteiger partial charge in [-0.2, -0.15) is 0 Å². The Morgan fingerprint density at radius 2 is 2.31 bits per heavy atom. The lowest BCUT2D eigenvalue weighted by atomic mass is 10.0. The molecule has 1 fully saturated rings. The minimum absolute atomic E-state index is 0.183. The molecule has 2 atom stereocenters. The number of amides is 1. The van der Waals surface area contributed by atoms with Crippen LogP contribution in [0.25, 0.3) is 0 Å². The molecular formula is C12H24N2O2. The van der Waals surface area contributed by atoms with Crippen molar-refractivity contribution in [1.29, 1.82) is 0 Å². The van der Waals surface area contributed by atoms with E-state index >= 15 is 0 Å². The molecule has 94 valence electrons. The van der Waals surface area contributed by atoms with Crippen LogP contribution in [0.1, 0.15) is 39.0 Å². The minimum Gasteiger partial charge on any atom is -0.391 e. The topological polar surface area (TPSA) is 66.6 Å². The molecule has 0 saturated carbocycles. The van der Waals surface area contributed by atoms with Crippen LogP contribution >= 0.6 is 0 Å². The third kappa shape index (κ3) is 4.49. The molecule has 0 aliphatic carbocycles. The molecule has 1 aliphatic heterocycles. The van der Waals surface area contributed by atoms with Gasteiger partial charge in [-0.05, 0) is 38.1 Å². The molecule has 3 N–H and O–H groups in total. The number of carbonyl (C=O) groups excluding carboxylic acids is 1. The average Bonchev–Trinajstić information content (AvgIpc) is 2.26. The van der Waals surface area contributed by atoms with Crippen molar-refractivity contribution < 1.29 is 9.90 Å². The van der Waals surface area contributed by atoms with Crippen molar-refractivity contribution in [3.63, 3.8) is 0 Å². The van der Waals surface area contributed by atoms with E-state index in [9.17, 15) is 9.90 Å². The van der Waals surface area contributed by atoms with E-state index in [0.717, 1.165) is 32.2 Å². The predicted molar refractivity (Wildman–Crippen MR) is 63.9 cm³/mol. The van der Waals surface area contributed by atoms with Gasteiger partial charge in [-0.1, -0.05) is 6.92 Å². The van der Waals surface area contributed by atoms with Gasteiger partial charge in [-0.15, -0.1) is 0 Å². The SMILES string of the molecule is CC(CCN)CCC(=O)N1CCCC(O)C1.